The van der Waals surface area contributed by atoms with Crippen molar-refractivity contribution in [3.63, 3.8) is 0 Å². The topological polar surface area (TPSA) is 0 Å². The Morgan fingerprint density at radius 1 is 0.256 bits per heavy atom. The Morgan fingerprint density at radius 2 is 0.395 bits per heavy atom. The van der Waals surface area contributed by atoms with E-state index in [9.17, 15) is 0 Å². The first-order valence-electron chi connectivity index (χ1n) is 16.4. The van der Waals surface area contributed by atoms with E-state index in [1.807, 2.05) is 0 Å². The molecule has 3 aromatic carbocycles. The Hall–Kier alpha value is -1.91. The summed E-state index contributed by atoms with van der Waals surface area (Å²) in [6.07, 6.45) is 0. The molecule has 0 spiro atoms. The Bertz CT molecular complexity index is 1170. The fourth-order valence-corrected chi connectivity index (χ4v) is 7.77. The third-order valence-corrected chi connectivity index (χ3v) is 11.0. The minimum atomic E-state index is -0.826. The predicted molar refractivity (Wildman–Crippen MR) is 197 cm³/mol. The van der Waals surface area contributed by atoms with Crippen LogP contribution in [0.5, 0.6) is 0 Å². The maximum Gasteiger partial charge on any atom is -0.0132 e. The van der Waals surface area contributed by atoms with E-state index in [0.717, 1.165) is 0 Å². The van der Waals surface area contributed by atoms with Crippen molar-refractivity contribution in [1.29, 1.82) is 0 Å². The van der Waals surface area contributed by atoms with E-state index in [0.29, 0.717) is 0 Å². The summed E-state index contributed by atoms with van der Waals surface area (Å²) in [5.74, 6) is 0. The molecule has 0 atom stereocenters. The normalized spacial score (nSPS) is 14.0. The van der Waals surface area contributed by atoms with Crippen LogP contribution in [0.3, 0.4) is 0 Å². The van der Waals surface area contributed by atoms with Crippen LogP contribution in [0.2, 0.25) is 0 Å². The molecule has 0 aliphatic rings. The molecule has 0 radical (unpaired) electrons. The summed E-state index contributed by atoms with van der Waals surface area (Å²) < 4.78 is 0. The molecule has 0 unspecified atom stereocenters. The quantitative estimate of drug-likeness (QED) is 0.263. The van der Waals surface area contributed by atoms with Gasteiger partial charge in [0, 0.05) is 0 Å². The van der Waals surface area contributed by atoms with Crippen molar-refractivity contribution in [2.24, 2.45) is 0 Å². The van der Waals surface area contributed by atoms with Crippen LogP contribution in [-0.2, 0) is 32.5 Å². The van der Waals surface area contributed by atoms with Crippen molar-refractivity contribution in [3.8, 4) is 0 Å². The van der Waals surface area contributed by atoms with Crippen molar-refractivity contribution >= 4 is 23.8 Å². The van der Waals surface area contributed by atoms with Crippen molar-refractivity contribution in [1.82, 2.24) is 0 Å². The highest BCUT2D eigenvalue weighted by Crippen LogP contribution is 2.42. The summed E-state index contributed by atoms with van der Waals surface area (Å²) in [6, 6.07) is 22.7. The van der Waals surface area contributed by atoms with Gasteiger partial charge in [-0.3, -0.25) is 0 Å². The van der Waals surface area contributed by atoms with Gasteiger partial charge in [-0.15, -0.1) is 0 Å². The van der Waals surface area contributed by atoms with Crippen molar-refractivity contribution in [2.75, 3.05) is 0 Å². The second kappa shape index (κ2) is 11.5. The lowest BCUT2D eigenvalue weighted by molar-refractivity contribution is 0.569. The van der Waals surface area contributed by atoms with Crippen molar-refractivity contribution < 1.29 is 0 Å². The maximum atomic E-state index is 2.54. The van der Waals surface area contributed by atoms with Crippen molar-refractivity contribution in [3.05, 3.63) is 88.0 Å². The van der Waals surface area contributed by atoms with Crippen LogP contribution in [0.1, 0.15) is 158 Å². The van der Waals surface area contributed by atoms with Gasteiger partial charge in [-0.2, -0.15) is 0 Å². The average molecular weight is 599 g/mol. The summed E-state index contributed by atoms with van der Waals surface area (Å²) in [4.78, 5) is 0. The summed E-state index contributed by atoms with van der Waals surface area (Å²) in [7, 11) is -0.826. The van der Waals surface area contributed by atoms with Gasteiger partial charge in [0.1, 0.15) is 0 Å². The molecule has 0 amide bonds. The standard InChI is InChI=1S/C42H63P/c1-37(2,3)28-19-29(38(4,5)6)23-34(22-28)43(35-24-30(39(7,8)9)20-31(25-35)40(10,11)12)36-26-32(41(13,14)15)21-33(27-36)42(16,17)18/h19-27H,1-18H3. The zero-order valence-corrected chi connectivity index (χ0v) is 32.0. The molecule has 0 saturated heterocycles. The van der Waals surface area contributed by atoms with Gasteiger partial charge in [0.05, 0.1) is 0 Å². The first-order valence-corrected chi connectivity index (χ1v) is 17.7. The molecule has 3 aromatic rings. The first-order chi connectivity index (χ1) is 19.1. The zero-order valence-electron chi connectivity index (χ0n) is 31.1. The molecule has 0 aliphatic heterocycles. The molecule has 0 bridgehead atoms. The van der Waals surface area contributed by atoms with Gasteiger partial charge < -0.3 is 0 Å². The second-order valence-corrected chi connectivity index (χ2v) is 21.4. The SMILES string of the molecule is CC(C)(C)c1cc(P(c2cc(C(C)(C)C)cc(C(C)(C)C)c2)c2cc(C(C)(C)C)cc(C(C)(C)C)c2)cc(C(C)(C)C)c1. The number of benzene rings is 3. The number of hydrogen-bond donors (Lipinski definition) is 0. The lowest BCUT2D eigenvalue weighted by atomic mass is 9.81. The van der Waals surface area contributed by atoms with Crippen LogP contribution in [0.4, 0.5) is 0 Å². The molecule has 0 aliphatic carbocycles. The third kappa shape index (κ3) is 8.63. The molecular formula is C42H63P. The Labute approximate surface area is 268 Å². The highest BCUT2D eigenvalue weighted by molar-refractivity contribution is 7.79. The summed E-state index contributed by atoms with van der Waals surface area (Å²) in [6.45, 7) is 42.4. The molecule has 0 saturated carbocycles. The molecule has 3 rings (SSSR count). The maximum absolute atomic E-state index is 2.54. The highest BCUT2D eigenvalue weighted by atomic mass is 31.1. The van der Waals surface area contributed by atoms with Crippen LogP contribution in [0, 0.1) is 0 Å². The molecule has 0 aromatic heterocycles. The van der Waals surface area contributed by atoms with E-state index >= 15 is 0 Å². The molecule has 0 nitrogen and oxygen atoms in total. The first kappa shape index (κ1) is 35.6. The summed E-state index contributed by atoms with van der Waals surface area (Å²) in [5.41, 5.74) is 8.91. The Balaban J connectivity index is 2.60. The van der Waals surface area contributed by atoms with Crippen LogP contribution in [0.15, 0.2) is 54.6 Å². The van der Waals surface area contributed by atoms with E-state index in [1.54, 1.807) is 0 Å². The van der Waals surface area contributed by atoms with Gasteiger partial charge >= 0.3 is 0 Å². The molecule has 236 valence electrons. The van der Waals surface area contributed by atoms with E-state index in [-0.39, 0.29) is 32.5 Å². The van der Waals surface area contributed by atoms with E-state index < -0.39 is 7.92 Å². The second-order valence-electron chi connectivity index (χ2n) is 19.1. The molecule has 0 N–H and O–H groups in total. The number of rotatable bonds is 3. The smallest absolute Gasteiger partial charge is 0.0132 e. The highest BCUT2D eigenvalue weighted by Gasteiger charge is 2.30. The van der Waals surface area contributed by atoms with Crippen LogP contribution >= 0.6 is 7.92 Å². The van der Waals surface area contributed by atoms with E-state index in [2.05, 4.69) is 179 Å². The van der Waals surface area contributed by atoms with Gasteiger partial charge in [-0.05, 0) is 89.7 Å². The molecule has 1 heteroatoms. The monoisotopic (exact) mass is 598 g/mol. The zero-order chi connectivity index (χ0) is 33.1. The summed E-state index contributed by atoms with van der Waals surface area (Å²) in [5, 5.41) is 4.39. The van der Waals surface area contributed by atoms with Crippen LogP contribution < -0.4 is 15.9 Å². The minimum Gasteiger partial charge on any atom is -0.0561 e. The van der Waals surface area contributed by atoms with Gasteiger partial charge in [0.2, 0.25) is 0 Å². The third-order valence-electron chi connectivity index (χ3n) is 8.72. The average Bonchev–Trinajstić information content (AvgIpc) is 2.80. The van der Waals surface area contributed by atoms with Gasteiger partial charge in [0.25, 0.3) is 0 Å². The number of hydrogen-bond acceptors (Lipinski definition) is 0. The van der Waals surface area contributed by atoms with Crippen molar-refractivity contribution in [2.45, 2.75) is 157 Å². The lowest BCUT2D eigenvalue weighted by Crippen LogP contribution is -2.29. The van der Waals surface area contributed by atoms with Crippen LogP contribution in [-0.4, -0.2) is 0 Å². The van der Waals surface area contributed by atoms with Gasteiger partial charge in [0.15, 0.2) is 0 Å². The van der Waals surface area contributed by atoms with Gasteiger partial charge in [-0.1, -0.05) is 179 Å². The molecule has 0 fully saturated rings. The Kier molecular flexibility index (Phi) is 9.49. The fraction of sp³-hybridized carbons (Fsp3) is 0.571. The molecule has 0 heterocycles. The largest absolute Gasteiger partial charge is 0.0561 e. The van der Waals surface area contributed by atoms with Gasteiger partial charge in [-0.25, -0.2) is 0 Å². The lowest BCUT2D eigenvalue weighted by Gasteiger charge is -2.33. The van der Waals surface area contributed by atoms with E-state index in [4.69, 9.17) is 0 Å². The predicted octanol–water partition coefficient (Wildman–Crippen LogP) is 11.2. The molecule has 43 heavy (non-hydrogen) atoms. The summed E-state index contributed by atoms with van der Waals surface area (Å²) >= 11 is 0. The fourth-order valence-electron chi connectivity index (χ4n) is 5.27. The minimum absolute atomic E-state index is 0.0602. The van der Waals surface area contributed by atoms with E-state index in [1.165, 1.54) is 49.3 Å². The van der Waals surface area contributed by atoms with Crippen LogP contribution in [0.25, 0.3) is 0 Å². The Morgan fingerprint density at radius 3 is 0.512 bits per heavy atom. The molecular weight excluding hydrogens is 535 g/mol.